The Hall–Kier alpha value is -2.14. The van der Waals surface area contributed by atoms with E-state index < -0.39 is 5.97 Å². The topological polar surface area (TPSA) is 49.8 Å². The highest BCUT2D eigenvalue weighted by molar-refractivity contribution is 5.93. The number of carboxylic acids is 1. The summed E-state index contributed by atoms with van der Waals surface area (Å²) in [5, 5.41) is 9.21. The van der Waals surface area contributed by atoms with Gasteiger partial charge >= 0.3 is 5.97 Å². The second-order valence-electron chi connectivity index (χ2n) is 5.86. The van der Waals surface area contributed by atoms with Crippen LogP contribution in [0.1, 0.15) is 27.0 Å². The quantitative estimate of drug-likeness (QED) is 0.825. The van der Waals surface area contributed by atoms with Crippen molar-refractivity contribution in [2.24, 2.45) is 0 Å². The summed E-state index contributed by atoms with van der Waals surface area (Å²) in [6.45, 7) is 4.52. The zero-order chi connectivity index (χ0) is 16.8. The number of halogens is 1. The molecule has 0 saturated carbocycles. The van der Waals surface area contributed by atoms with Crippen LogP contribution in [0.3, 0.4) is 0 Å². The molecule has 0 atom stereocenters. The SMILES string of the molecule is Cl.O=C(O)c1ccccc1/C=C/c1ccc(CN2CCOCC2)cc1. The molecule has 0 amide bonds. The molecule has 0 bridgehead atoms. The number of hydrogen-bond acceptors (Lipinski definition) is 3. The zero-order valence-corrected chi connectivity index (χ0v) is 14.7. The summed E-state index contributed by atoms with van der Waals surface area (Å²) in [4.78, 5) is 13.6. The van der Waals surface area contributed by atoms with Crippen molar-refractivity contribution in [1.29, 1.82) is 0 Å². The van der Waals surface area contributed by atoms with E-state index in [0.717, 1.165) is 38.4 Å². The Morgan fingerprint density at radius 2 is 1.72 bits per heavy atom. The normalized spacial score (nSPS) is 15.0. The van der Waals surface area contributed by atoms with Gasteiger partial charge in [-0.2, -0.15) is 0 Å². The first-order valence-electron chi connectivity index (χ1n) is 8.12. The van der Waals surface area contributed by atoms with Crippen molar-refractivity contribution < 1.29 is 14.6 Å². The Bertz CT molecular complexity index is 722. The molecule has 2 aromatic carbocycles. The van der Waals surface area contributed by atoms with Crippen molar-refractivity contribution in [3.63, 3.8) is 0 Å². The number of aromatic carboxylic acids is 1. The molecule has 3 rings (SSSR count). The van der Waals surface area contributed by atoms with Gasteiger partial charge in [-0.15, -0.1) is 12.4 Å². The van der Waals surface area contributed by atoms with Crippen LogP contribution < -0.4 is 0 Å². The summed E-state index contributed by atoms with van der Waals surface area (Å²) in [7, 11) is 0. The maximum absolute atomic E-state index is 11.2. The van der Waals surface area contributed by atoms with Gasteiger partial charge in [0, 0.05) is 19.6 Å². The van der Waals surface area contributed by atoms with Gasteiger partial charge in [0.2, 0.25) is 0 Å². The monoisotopic (exact) mass is 359 g/mol. The van der Waals surface area contributed by atoms with Crippen LogP contribution in [0.2, 0.25) is 0 Å². The Labute approximate surface area is 154 Å². The fourth-order valence-electron chi connectivity index (χ4n) is 2.77. The number of rotatable bonds is 5. The van der Waals surface area contributed by atoms with Crippen LogP contribution in [0.15, 0.2) is 48.5 Å². The van der Waals surface area contributed by atoms with Crippen molar-refractivity contribution in [1.82, 2.24) is 4.90 Å². The smallest absolute Gasteiger partial charge is 0.336 e. The van der Waals surface area contributed by atoms with Gasteiger partial charge in [-0.3, -0.25) is 4.90 Å². The van der Waals surface area contributed by atoms with E-state index in [0.29, 0.717) is 11.1 Å². The van der Waals surface area contributed by atoms with E-state index in [1.165, 1.54) is 5.56 Å². The summed E-state index contributed by atoms with van der Waals surface area (Å²) in [6, 6.07) is 15.4. The highest BCUT2D eigenvalue weighted by atomic mass is 35.5. The molecule has 2 aromatic rings. The second kappa shape index (κ2) is 9.37. The van der Waals surface area contributed by atoms with Crippen LogP contribution in [-0.2, 0) is 11.3 Å². The molecule has 25 heavy (non-hydrogen) atoms. The molecular weight excluding hydrogens is 338 g/mol. The lowest BCUT2D eigenvalue weighted by atomic mass is 10.1. The minimum atomic E-state index is -0.906. The highest BCUT2D eigenvalue weighted by Crippen LogP contribution is 2.15. The molecule has 1 aliphatic rings. The molecule has 5 heteroatoms. The summed E-state index contributed by atoms with van der Waals surface area (Å²) in [5.41, 5.74) is 3.36. The Morgan fingerprint density at radius 1 is 1.04 bits per heavy atom. The molecule has 0 aromatic heterocycles. The second-order valence-corrected chi connectivity index (χ2v) is 5.86. The fourth-order valence-corrected chi connectivity index (χ4v) is 2.77. The lowest BCUT2D eigenvalue weighted by molar-refractivity contribution is 0.0342. The minimum Gasteiger partial charge on any atom is -0.478 e. The van der Waals surface area contributed by atoms with E-state index in [2.05, 4.69) is 29.2 Å². The number of ether oxygens (including phenoxy) is 1. The van der Waals surface area contributed by atoms with Crippen molar-refractivity contribution in [3.8, 4) is 0 Å². The van der Waals surface area contributed by atoms with Gasteiger partial charge in [-0.05, 0) is 22.8 Å². The molecule has 1 saturated heterocycles. The number of benzene rings is 2. The maximum Gasteiger partial charge on any atom is 0.336 e. The zero-order valence-electron chi connectivity index (χ0n) is 13.9. The van der Waals surface area contributed by atoms with Crippen LogP contribution in [0.4, 0.5) is 0 Å². The molecule has 0 radical (unpaired) electrons. The summed E-state index contributed by atoms with van der Waals surface area (Å²) >= 11 is 0. The van der Waals surface area contributed by atoms with Crippen LogP contribution in [0.5, 0.6) is 0 Å². The van der Waals surface area contributed by atoms with Crippen LogP contribution in [-0.4, -0.2) is 42.3 Å². The minimum absolute atomic E-state index is 0. The Balaban J connectivity index is 0.00000225. The molecule has 1 aliphatic heterocycles. The molecule has 1 fully saturated rings. The van der Waals surface area contributed by atoms with Crippen molar-refractivity contribution >= 4 is 30.5 Å². The van der Waals surface area contributed by atoms with Crippen LogP contribution in [0.25, 0.3) is 12.2 Å². The highest BCUT2D eigenvalue weighted by Gasteiger charge is 2.10. The predicted octanol–water partition coefficient (Wildman–Crippen LogP) is 3.81. The van der Waals surface area contributed by atoms with E-state index in [9.17, 15) is 9.90 Å². The summed E-state index contributed by atoms with van der Waals surface area (Å²) in [5.74, 6) is -0.906. The predicted molar refractivity (Wildman–Crippen MR) is 102 cm³/mol. The van der Waals surface area contributed by atoms with E-state index in [1.807, 2.05) is 24.3 Å². The maximum atomic E-state index is 11.2. The molecule has 4 nitrogen and oxygen atoms in total. The van der Waals surface area contributed by atoms with Crippen molar-refractivity contribution in [3.05, 3.63) is 70.8 Å². The van der Waals surface area contributed by atoms with Gasteiger partial charge in [0.1, 0.15) is 0 Å². The van der Waals surface area contributed by atoms with Crippen LogP contribution in [0, 0.1) is 0 Å². The lowest BCUT2D eigenvalue weighted by Crippen LogP contribution is -2.35. The van der Waals surface area contributed by atoms with Gasteiger partial charge in [0.25, 0.3) is 0 Å². The molecule has 132 valence electrons. The first-order chi connectivity index (χ1) is 11.7. The van der Waals surface area contributed by atoms with E-state index in [1.54, 1.807) is 12.1 Å². The van der Waals surface area contributed by atoms with Gasteiger partial charge in [-0.1, -0.05) is 54.6 Å². The Kier molecular flexibility index (Phi) is 7.19. The summed E-state index contributed by atoms with van der Waals surface area (Å²) < 4.78 is 5.36. The lowest BCUT2D eigenvalue weighted by Gasteiger charge is -2.26. The first kappa shape index (κ1) is 19.2. The van der Waals surface area contributed by atoms with Gasteiger partial charge in [0.15, 0.2) is 0 Å². The number of nitrogens with zero attached hydrogens (tertiary/aromatic N) is 1. The van der Waals surface area contributed by atoms with Gasteiger partial charge in [-0.25, -0.2) is 4.79 Å². The Morgan fingerprint density at radius 3 is 2.40 bits per heavy atom. The molecule has 1 N–H and O–H groups in total. The van der Waals surface area contributed by atoms with Crippen molar-refractivity contribution in [2.75, 3.05) is 26.3 Å². The molecule has 0 spiro atoms. The third-order valence-electron chi connectivity index (χ3n) is 4.14. The number of morpholine rings is 1. The number of carboxylic acid groups (broad SMARTS) is 1. The van der Waals surface area contributed by atoms with E-state index in [4.69, 9.17) is 4.74 Å². The molecular formula is C20H22ClNO3. The standard InChI is InChI=1S/C20H21NO3.ClH/c22-20(23)19-4-2-1-3-18(19)10-9-16-5-7-17(8-6-16)15-21-11-13-24-14-12-21;/h1-10H,11-15H2,(H,22,23);1H/b10-9+;. The number of hydrogen-bond donors (Lipinski definition) is 1. The van der Waals surface area contributed by atoms with Gasteiger partial charge in [0.05, 0.1) is 18.8 Å². The first-order valence-corrected chi connectivity index (χ1v) is 8.12. The molecule has 0 aliphatic carbocycles. The third-order valence-corrected chi connectivity index (χ3v) is 4.14. The number of carbonyl (C=O) groups is 1. The largest absolute Gasteiger partial charge is 0.478 e. The van der Waals surface area contributed by atoms with E-state index in [-0.39, 0.29) is 12.4 Å². The third kappa shape index (κ3) is 5.43. The molecule has 0 unspecified atom stereocenters. The average molecular weight is 360 g/mol. The van der Waals surface area contributed by atoms with Crippen LogP contribution >= 0.6 is 12.4 Å². The average Bonchev–Trinajstić information content (AvgIpc) is 2.62. The van der Waals surface area contributed by atoms with Gasteiger partial charge < -0.3 is 9.84 Å². The molecule has 1 heterocycles. The van der Waals surface area contributed by atoms with E-state index >= 15 is 0 Å². The van der Waals surface area contributed by atoms with Crippen molar-refractivity contribution in [2.45, 2.75) is 6.54 Å². The summed E-state index contributed by atoms with van der Waals surface area (Å²) in [6.07, 6.45) is 3.79. The fraction of sp³-hybridized carbons (Fsp3) is 0.250.